The van der Waals surface area contributed by atoms with Crippen LogP contribution in [0.15, 0.2) is 72.8 Å². The van der Waals surface area contributed by atoms with Crippen LogP contribution in [0.3, 0.4) is 0 Å². The minimum atomic E-state index is -0.946. The fraction of sp³-hybridized carbons (Fsp3) is 0.412. The van der Waals surface area contributed by atoms with E-state index in [9.17, 15) is 14.7 Å². The second kappa shape index (κ2) is 15.4. The summed E-state index contributed by atoms with van der Waals surface area (Å²) < 4.78 is 23.2. The van der Waals surface area contributed by atoms with Gasteiger partial charge in [0.2, 0.25) is 0 Å². The summed E-state index contributed by atoms with van der Waals surface area (Å²) in [6, 6.07) is 23.1. The van der Waals surface area contributed by atoms with Crippen molar-refractivity contribution in [1.82, 2.24) is 10.2 Å². The molecule has 2 atom stereocenters. The Morgan fingerprint density at radius 3 is 2.61 bits per heavy atom. The number of amides is 2. The number of hydrogen-bond acceptors (Lipinski definition) is 7. The maximum atomic E-state index is 12.7. The predicted octanol–water partition coefficient (Wildman–Crippen LogP) is 4.78. The van der Waals surface area contributed by atoms with Gasteiger partial charge in [-0.05, 0) is 60.4 Å². The van der Waals surface area contributed by atoms with Gasteiger partial charge in [-0.15, -0.1) is 0 Å². The molecule has 1 saturated heterocycles. The molecule has 2 aliphatic heterocycles. The first kappa shape index (κ1) is 31.2. The average molecular weight is 604 g/mol. The van der Waals surface area contributed by atoms with Crippen molar-refractivity contribution in [2.75, 3.05) is 64.6 Å². The molecule has 3 aromatic rings. The van der Waals surface area contributed by atoms with Gasteiger partial charge in [-0.3, -0.25) is 4.79 Å². The summed E-state index contributed by atoms with van der Waals surface area (Å²) in [5, 5.41) is 12.6. The third kappa shape index (κ3) is 8.21. The third-order valence-corrected chi connectivity index (χ3v) is 8.05. The number of benzene rings is 3. The SMILES string of the molecule is COCCCN1CCOc2ccc(COC3CN(C(=O)O)CCC3c3ccc(C(=O)NCCOc4ccccc4)cc3)cc21. The second-order valence-corrected chi connectivity index (χ2v) is 11.0. The summed E-state index contributed by atoms with van der Waals surface area (Å²) in [7, 11) is 1.71. The van der Waals surface area contributed by atoms with Crippen molar-refractivity contribution in [2.45, 2.75) is 31.5 Å². The van der Waals surface area contributed by atoms with E-state index in [-0.39, 0.29) is 24.5 Å². The van der Waals surface area contributed by atoms with Crippen molar-refractivity contribution in [2.24, 2.45) is 0 Å². The number of methoxy groups -OCH3 is 1. The summed E-state index contributed by atoms with van der Waals surface area (Å²) in [6.45, 7) is 4.85. The number of piperidine rings is 1. The van der Waals surface area contributed by atoms with E-state index in [4.69, 9.17) is 18.9 Å². The molecule has 2 heterocycles. The Morgan fingerprint density at radius 1 is 1.02 bits per heavy atom. The van der Waals surface area contributed by atoms with Gasteiger partial charge in [0.15, 0.2) is 0 Å². The number of fused-ring (bicyclic) bond motifs is 1. The molecule has 234 valence electrons. The molecule has 44 heavy (non-hydrogen) atoms. The van der Waals surface area contributed by atoms with Gasteiger partial charge in [0.1, 0.15) is 24.7 Å². The first-order valence-corrected chi connectivity index (χ1v) is 15.2. The number of anilines is 1. The number of hydrogen-bond donors (Lipinski definition) is 2. The number of likely N-dealkylation sites (tertiary alicyclic amines) is 1. The molecule has 10 heteroatoms. The van der Waals surface area contributed by atoms with Crippen LogP contribution >= 0.6 is 0 Å². The number of carbonyl (C=O) groups is 2. The predicted molar refractivity (Wildman–Crippen MR) is 167 cm³/mol. The second-order valence-electron chi connectivity index (χ2n) is 11.0. The molecule has 0 aromatic heterocycles. The van der Waals surface area contributed by atoms with Gasteiger partial charge in [-0.1, -0.05) is 36.4 Å². The normalized spacial score (nSPS) is 17.8. The van der Waals surface area contributed by atoms with E-state index in [0.717, 1.165) is 47.8 Å². The summed E-state index contributed by atoms with van der Waals surface area (Å²) >= 11 is 0. The van der Waals surface area contributed by atoms with E-state index in [0.29, 0.717) is 51.5 Å². The molecule has 2 unspecified atom stereocenters. The highest BCUT2D eigenvalue weighted by molar-refractivity contribution is 5.94. The van der Waals surface area contributed by atoms with Crippen LogP contribution in [0.4, 0.5) is 10.5 Å². The number of para-hydroxylation sites is 1. The van der Waals surface area contributed by atoms with E-state index >= 15 is 0 Å². The van der Waals surface area contributed by atoms with Gasteiger partial charge >= 0.3 is 6.09 Å². The zero-order valence-corrected chi connectivity index (χ0v) is 25.2. The lowest BCUT2D eigenvalue weighted by atomic mass is 9.86. The number of nitrogens with one attached hydrogen (secondary N) is 1. The third-order valence-electron chi connectivity index (χ3n) is 8.05. The highest BCUT2D eigenvalue weighted by atomic mass is 16.5. The maximum absolute atomic E-state index is 12.7. The first-order chi connectivity index (χ1) is 21.5. The van der Waals surface area contributed by atoms with Crippen molar-refractivity contribution < 1.29 is 33.6 Å². The first-order valence-electron chi connectivity index (χ1n) is 15.2. The number of rotatable bonds is 13. The van der Waals surface area contributed by atoms with Crippen molar-refractivity contribution in [3.05, 3.63) is 89.5 Å². The van der Waals surface area contributed by atoms with Crippen molar-refractivity contribution in [3.8, 4) is 11.5 Å². The molecular weight excluding hydrogens is 562 g/mol. The lowest BCUT2D eigenvalue weighted by Crippen LogP contribution is -2.46. The van der Waals surface area contributed by atoms with E-state index in [1.54, 1.807) is 7.11 Å². The van der Waals surface area contributed by atoms with Gasteiger partial charge < -0.3 is 39.2 Å². The number of ether oxygens (including phenoxy) is 4. The quantitative estimate of drug-likeness (QED) is 0.269. The molecule has 2 amide bonds. The Labute approximate surface area is 258 Å². The highest BCUT2D eigenvalue weighted by Crippen LogP contribution is 2.35. The number of carbonyl (C=O) groups excluding carboxylic acids is 1. The molecule has 1 fully saturated rings. The number of carboxylic acid groups (broad SMARTS) is 1. The van der Waals surface area contributed by atoms with Crippen LogP contribution in [-0.2, 0) is 16.1 Å². The Balaban J connectivity index is 1.20. The van der Waals surface area contributed by atoms with Crippen molar-refractivity contribution in [3.63, 3.8) is 0 Å². The van der Waals surface area contributed by atoms with Gasteiger partial charge in [-0.25, -0.2) is 4.79 Å². The minimum absolute atomic E-state index is 0.00603. The summed E-state index contributed by atoms with van der Waals surface area (Å²) in [5.41, 5.74) is 3.62. The van der Waals surface area contributed by atoms with Gasteiger partial charge in [0, 0.05) is 38.3 Å². The van der Waals surface area contributed by atoms with Gasteiger partial charge in [0.25, 0.3) is 5.91 Å². The fourth-order valence-electron chi connectivity index (χ4n) is 5.72. The minimum Gasteiger partial charge on any atom is -0.492 e. The van der Waals surface area contributed by atoms with Crippen molar-refractivity contribution in [1.29, 1.82) is 0 Å². The lowest BCUT2D eigenvalue weighted by molar-refractivity contribution is -0.0199. The van der Waals surface area contributed by atoms with Crippen LogP contribution in [0.2, 0.25) is 0 Å². The van der Waals surface area contributed by atoms with E-state index in [1.165, 1.54) is 4.90 Å². The molecule has 0 aliphatic carbocycles. The lowest BCUT2D eigenvalue weighted by Gasteiger charge is -2.37. The van der Waals surface area contributed by atoms with E-state index in [1.807, 2.05) is 66.7 Å². The van der Waals surface area contributed by atoms with Crippen LogP contribution in [0, 0.1) is 0 Å². The monoisotopic (exact) mass is 603 g/mol. The Kier molecular flexibility index (Phi) is 10.9. The van der Waals surface area contributed by atoms with Crippen LogP contribution in [-0.4, -0.2) is 87.8 Å². The molecule has 2 aliphatic rings. The van der Waals surface area contributed by atoms with Crippen LogP contribution < -0.4 is 19.7 Å². The Morgan fingerprint density at radius 2 is 1.84 bits per heavy atom. The fourth-order valence-corrected chi connectivity index (χ4v) is 5.72. The van der Waals surface area contributed by atoms with Crippen LogP contribution in [0.5, 0.6) is 11.5 Å². The molecule has 2 N–H and O–H groups in total. The van der Waals surface area contributed by atoms with Crippen LogP contribution in [0.25, 0.3) is 0 Å². The highest BCUT2D eigenvalue weighted by Gasteiger charge is 2.33. The summed E-state index contributed by atoms with van der Waals surface area (Å²) in [4.78, 5) is 28.2. The largest absolute Gasteiger partial charge is 0.492 e. The summed E-state index contributed by atoms with van der Waals surface area (Å²) in [6.07, 6.45) is 0.275. The average Bonchev–Trinajstić information content (AvgIpc) is 3.06. The standard InChI is InChI=1S/C34H41N3O7/c1-41-19-5-16-36-18-21-43-31-13-8-25(22-30(31)36)24-44-32-23-37(34(39)40)17-14-29(32)26-9-11-27(12-10-26)33(38)35-15-20-42-28-6-3-2-4-7-28/h2-4,6-13,22,29,32H,5,14-21,23-24H2,1H3,(H,35,38)(H,39,40). The zero-order chi connectivity index (χ0) is 30.7. The number of nitrogens with zero attached hydrogens (tertiary/aromatic N) is 2. The molecule has 3 aromatic carbocycles. The van der Waals surface area contributed by atoms with Gasteiger partial charge in [-0.2, -0.15) is 0 Å². The Bertz CT molecular complexity index is 1370. The molecule has 0 spiro atoms. The van der Waals surface area contributed by atoms with Crippen molar-refractivity contribution >= 4 is 17.7 Å². The molecule has 5 rings (SSSR count). The maximum Gasteiger partial charge on any atom is 0.407 e. The topological polar surface area (TPSA) is 110 Å². The smallest absolute Gasteiger partial charge is 0.407 e. The Hall–Kier alpha value is -4.28. The van der Waals surface area contributed by atoms with E-state index < -0.39 is 6.09 Å². The van der Waals surface area contributed by atoms with E-state index in [2.05, 4.69) is 16.3 Å². The van der Waals surface area contributed by atoms with Gasteiger partial charge in [0.05, 0.1) is 38.0 Å². The molecule has 0 saturated carbocycles. The molecule has 10 nitrogen and oxygen atoms in total. The molecular formula is C34H41N3O7. The summed E-state index contributed by atoms with van der Waals surface area (Å²) in [5.74, 6) is 1.44. The molecule has 0 bridgehead atoms. The zero-order valence-electron chi connectivity index (χ0n) is 25.2. The molecule has 0 radical (unpaired) electrons. The van der Waals surface area contributed by atoms with Crippen LogP contribution in [0.1, 0.15) is 40.2 Å².